The van der Waals surface area contributed by atoms with E-state index in [4.69, 9.17) is 9.84 Å². The number of H-pyrrole nitrogens is 1. The van der Waals surface area contributed by atoms with Gasteiger partial charge in [-0.15, -0.1) is 0 Å². The third kappa shape index (κ3) is 2.74. The molecule has 0 aromatic carbocycles. The van der Waals surface area contributed by atoms with Crippen LogP contribution in [0.4, 0.5) is 0 Å². The molecule has 0 aliphatic carbocycles. The number of carboxylic acid groups (broad SMARTS) is 1. The van der Waals surface area contributed by atoms with Crippen molar-refractivity contribution in [1.82, 2.24) is 9.88 Å². The number of amides is 1. The molecule has 2 rings (SSSR count). The molecule has 1 aliphatic heterocycles. The Kier molecular flexibility index (Phi) is 3.52. The van der Waals surface area contributed by atoms with Gasteiger partial charge in [0.25, 0.3) is 11.5 Å². The van der Waals surface area contributed by atoms with Gasteiger partial charge in [0.2, 0.25) is 0 Å². The molecule has 0 bridgehead atoms. The number of hydrogen-bond donors (Lipinski definition) is 3. The van der Waals surface area contributed by atoms with Crippen LogP contribution in [0.15, 0.2) is 16.9 Å². The quantitative estimate of drug-likeness (QED) is 0.633. The van der Waals surface area contributed by atoms with E-state index >= 15 is 0 Å². The number of carbonyl (C=O) groups excluding carboxylic acids is 1. The SMILES string of the molecule is O=C(O)C1COCCN1C(=O)c1cc(O)[nH]c(=O)c1. The van der Waals surface area contributed by atoms with Crippen LogP contribution in [0, 0.1) is 0 Å². The van der Waals surface area contributed by atoms with Crippen molar-refractivity contribution in [3.63, 3.8) is 0 Å². The lowest BCUT2D eigenvalue weighted by Crippen LogP contribution is -2.52. The van der Waals surface area contributed by atoms with Crippen molar-refractivity contribution in [2.45, 2.75) is 6.04 Å². The number of carboxylic acids is 1. The maximum atomic E-state index is 12.2. The lowest BCUT2D eigenvalue weighted by molar-refractivity contribution is -0.147. The molecule has 3 N–H and O–H groups in total. The highest BCUT2D eigenvalue weighted by atomic mass is 16.5. The molecule has 8 nitrogen and oxygen atoms in total. The summed E-state index contributed by atoms with van der Waals surface area (Å²) in [6.07, 6.45) is 0. The van der Waals surface area contributed by atoms with Crippen LogP contribution < -0.4 is 5.56 Å². The van der Waals surface area contributed by atoms with Gasteiger partial charge in [0.15, 0.2) is 11.9 Å². The number of aromatic hydroxyl groups is 1. The summed E-state index contributed by atoms with van der Waals surface area (Å²) in [5.74, 6) is -2.25. The molecular formula is C11H12N2O6. The monoisotopic (exact) mass is 268 g/mol. The highest BCUT2D eigenvalue weighted by molar-refractivity contribution is 5.96. The van der Waals surface area contributed by atoms with E-state index in [1.54, 1.807) is 0 Å². The first-order valence-corrected chi connectivity index (χ1v) is 5.54. The summed E-state index contributed by atoms with van der Waals surface area (Å²) in [5.41, 5.74) is -0.696. The summed E-state index contributed by atoms with van der Waals surface area (Å²) in [4.78, 5) is 37.6. The number of carbonyl (C=O) groups is 2. The zero-order valence-electron chi connectivity index (χ0n) is 9.83. The van der Waals surface area contributed by atoms with Crippen LogP contribution in [0.1, 0.15) is 10.4 Å². The lowest BCUT2D eigenvalue weighted by atomic mass is 10.1. The number of aromatic nitrogens is 1. The smallest absolute Gasteiger partial charge is 0.328 e. The van der Waals surface area contributed by atoms with Crippen molar-refractivity contribution in [1.29, 1.82) is 0 Å². The minimum Gasteiger partial charge on any atom is -0.494 e. The van der Waals surface area contributed by atoms with Crippen molar-refractivity contribution >= 4 is 11.9 Å². The fraction of sp³-hybridized carbons (Fsp3) is 0.364. The van der Waals surface area contributed by atoms with E-state index in [1.807, 2.05) is 0 Å². The van der Waals surface area contributed by atoms with Crippen LogP contribution in [0.3, 0.4) is 0 Å². The Hall–Kier alpha value is -2.35. The molecule has 2 heterocycles. The van der Waals surface area contributed by atoms with Gasteiger partial charge >= 0.3 is 5.97 Å². The standard InChI is InChI=1S/C11H12N2O6/c14-8-3-6(4-9(15)12-8)10(16)13-1-2-19-5-7(13)11(17)18/h3-4,7H,1-2,5H2,(H,17,18)(H2,12,14,15). The Morgan fingerprint density at radius 1 is 1.42 bits per heavy atom. The molecule has 1 aromatic rings. The van der Waals surface area contributed by atoms with Gasteiger partial charge in [0.05, 0.1) is 18.8 Å². The molecule has 8 heteroatoms. The number of hydrogen-bond acceptors (Lipinski definition) is 5. The second-order valence-corrected chi connectivity index (χ2v) is 4.05. The number of nitrogens with one attached hydrogen (secondary N) is 1. The predicted octanol–water partition coefficient (Wildman–Crippen LogP) is -0.994. The van der Waals surface area contributed by atoms with E-state index in [2.05, 4.69) is 4.98 Å². The highest BCUT2D eigenvalue weighted by Crippen LogP contribution is 2.14. The fourth-order valence-electron chi connectivity index (χ4n) is 1.87. The van der Waals surface area contributed by atoms with E-state index in [1.165, 1.54) is 0 Å². The predicted molar refractivity (Wildman–Crippen MR) is 62.0 cm³/mol. The number of rotatable bonds is 2. The molecule has 1 saturated heterocycles. The van der Waals surface area contributed by atoms with Gasteiger partial charge in [-0.1, -0.05) is 0 Å². The van der Waals surface area contributed by atoms with Crippen molar-refractivity contribution in [2.75, 3.05) is 19.8 Å². The maximum absolute atomic E-state index is 12.2. The van der Waals surface area contributed by atoms with Gasteiger partial charge in [-0.05, 0) is 0 Å². The lowest BCUT2D eigenvalue weighted by Gasteiger charge is -2.32. The van der Waals surface area contributed by atoms with Crippen molar-refractivity contribution in [3.8, 4) is 5.88 Å². The van der Waals surface area contributed by atoms with Crippen LogP contribution in [-0.2, 0) is 9.53 Å². The van der Waals surface area contributed by atoms with E-state index in [9.17, 15) is 19.5 Å². The second kappa shape index (κ2) is 5.11. The summed E-state index contributed by atoms with van der Waals surface area (Å²) >= 11 is 0. The molecule has 1 fully saturated rings. The Labute approximate surface area is 107 Å². The minimum absolute atomic E-state index is 0.0607. The first-order valence-electron chi connectivity index (χ1n) is 5.54. The number of nitrogens with zero attached hydrogens (tertiary/aromatic N) is 1. The Balaban J connectivity index is 2.31. The summed E-state index contributed by atoms with van der Waals surface area (Å²) in [5, 5.41) is 18.3. The second-order valence-electron chi connectivity index (χ2n) is 4.05. The molecule has 0 saturated carbocycles. The summed E-state index contributed by atoms with van der Waals surface area (Å²) in [6, 6.07) is 0.997. The molecule has 1 amide bonds. The average molecular weight is 268 g/mol. The molecule has 1 atom stereocenters. The third-order valence-corrected chi connectivity index (χ3v) is 2.75. The highest BCUT2D eigenvalue weighted by Gasteiger charge is 2.33. The van der Waals surface area contributed by atoms with E-state index in [-0.39, 0.29) is 25.3 Å². The van der Waals surface area contributed by atoms with Crippen LogP contribution >= 0.6 is 0 Å². The van der Waals surface area contributed by atoms with Gasteiger partial charge in [-0.25, -0.2) is 4.79 Å². The first-order chi connectivity index (χ1) is 8.99. The Morgan fingerprint density at radius 3 is 2.79 bits per heavy atom. The zero-order chi connectivity index (χ0) is 14.0. The zero-order valence-corrected chi connectivity index (χ0v) is 9.83. The average Bonchev–Trinajstić information content (AvgIpc) is 2.36. The minimum atomic E-state index is -1.18. The molecule has 1 aliphatic rings. The number of ether oxygens (including phenoxy) is 1. The first kappa shape index (κ1) is 13.1. The number of pyridine rings is 1. The van der Waals surface area contributed by atoms with E-state index in [0.29, 0.717) is 0 Å². The van der Waals surface area contributed by atoms with Crippen molar-refractivity contribution in [3.05, 3.63) is 28.0 Å². The molecule has 19 heavy (non-hydrogen) atoms. The topological polar surface area (TPSA) is 120 Å². The normalized spacial score (nSPS) is 19.2. The summed E-state index contributed by atoms with van der Waals surface area (Å²) in [7, 11) is 0. The number of morpholine rings is 1. The molecule has 1 unspecified atom stereocenters. The largest absolute Gasteiger partial charge is 0.494 e. The van der Waals surface area contributed by atoms with Gasteiger partial charge in [0.1, 0.15) is 0 Å². The Bertz CT molecular complexity index is 567. The van der Waals surface area contributed by atoms with Gasteiger partial charge in [-0.3, -0.25) is 14.6 Å². The summed E-state index contributed by atoms with van der Waals surface area (Å²) in [6.45, 7) is 0.240. The van der Waals surface area contributed by atoms with Crippen LogP contribution in [0.2, 0.25) is 0 Å². The van der Waals surface area contributed by atoms with E-state index < -0.39 is 29.4 Å². The molecule has 102 valence electrons. The molecule has 1 aromatic heterocycles. The number of aliphatic carboxylic acids is 1. The van der Waals surface area contributed by atoms with Gasteiger partial charge < -0.3 is 19.8 Å². The van der Waals surface area contributed by atoms with Crippen molar-refractivity contribution in [2.24, 2.45) is 0 Å². The van der Waals surface area contributed by atoms with Crippen molar-refractivity contribution < 1.29 is 24.5 Å². The molecule has 0 spiro atoms. The summed E-state index contributed by atoms with van der Waals surface area (Å²) < 4.78 is 5.02. The van der Waals surface area contributed by atoms with Gasteiger partial charge in [-0.2, -0.15) is 0 Å². The molecular weight excluding hydrogens is 256 g/mol. The van der Waals surface area contributed by atoms with E-state index in [0.717, 1.165) is 17.0 Å². The fourth-order valence-corrected chi connectivity index (χ4v) is 1.87. The maximum Gasteiger partial charge on any atom is 0.328 e. The van der Waals surface area contributed by atoms with Gasteiger partial charge in [0, 0.05) is 18.7 Å². The number of aromatic amines is 1. The van der Waals surface area contributed by atoms with Crippen LogP contribution in [-0.4, -0.2) is 57.8 Å². The Morgan fingerprint density at radius 2 is 2.16 bits per heavy atom. The van der Waals surface area contributed by atoms with Crippen LogP contribution in [0.5, 0.6) is 5.88 Å². The van der Waals surface area contributed by atoms with Crippen LogP contribution in [0.25, 0.3) is 0 Å². The molecule has 0 radical (unpaired) electrons. The third-order valence-electron chi connectivity index (χ3n) is 2.75.